The maximum Gasteiger partial charge on any atom is 0.272 e. The third kappa shape index (κ3) is 4.57. The summed E-state index contributed by atoms with van der Waals surface area (Å²) in [5.41, 5.74) is 1.38. The van der Waals surface area contributed by atoms with Crippen LogP contribution in [0.2, 0.25) is 0 Å². The van der Waals surface area contributed by atoms with Crippen LogP contribution in [0.3, 0.4) is 0 Å². The summed E-state index contributed by atoms with van der Waals surface area (Å²) in [4.78, 5) is 12.9. The van der Waals surface area contributed by atoms with Gasteiger partial charge in [-0.05, 0) is 64.2 Å². The van der Waals surface area contributed by atoms with E-state index in [1.165, 1.54) is 0 Å². The predicted molar refractivity (Wildman–Crippen MR) is 116 cm³/mol. The van der Waals surface area contributed by atoms with E-state index in [1.807, 2.05) is 6.92 Å². The van der Waals surface area contributed by atoms with Crippen LogP contribution in [-0.4, -0.2) is 60.6 Å². The first-order valence-corrected chi connectivity index (χ1v) is 12.9. The molecule has 0 unspecified atom stereocenters. The monoisotopic (exact) mass is 438 g/mol. The van der Waals surface area contributed by atoms with Crippen molar-refractivity contribution in [3.05, 3.63) is 22.1 Å². The Balaban J connectivity index is 1.37. The fourth-order valence-corrected chi connectivity index (χ4v) is 7.02. The smallest absolute Gasteiger partial charge is 0.272 e. The van der Waals surface area contributed by atoms with Crippen LogP contribution in [0.25, 0.3) is 0 Å². The number of anilines is 1. The van der Waals surface area contributed by atoms with Gasteiger partial charge < -0.3 is 10.1 Å². The van der Waals surface area contributed by atoms with Crippen molar-refractivity contribution in [2.45, 2.75) is 69.6 Å². The molecule has 9 heteroatoms. The molecular weight excluding hydrogens is 404 g/mol. The van der Waals surface area contributed by atoms with Crippen LogP contribution in [0, 0.1) is 12.8 Å². The molecule has 30 heavy (non-hydrogen) atoms. The summed E-state index contributed by atoms with van der Waals surface area (Å²) in [5.74, 6) is 0.466. The molecule has 0 aromatic carbocycles. The van der Waals surface area contributed by atoms with Crippen molar-refractivity contribution in [1.82, 2.24) is 14.1 Å². The molecule has 1 aromatic rings. The van der Waals surface area contributed by atoms with Crippen LogP contribution in [-0.2, 0) is 14.8 Å². The van der Waals surface area contributed by atoms with Crippen LogP contribution in [0.1, 0.15) is 63.0 Å². The van der Waals surface area contributed by atoms with Gasteiger partial charge in [-0.2, -0.15) is 5.10 Å². The van der Waals surface area contributed by atoms with Crippen LogP contribution < -0.4 is 10.9 Å². The lowest BCUT2D eigenvalue weighted by Crippen LogP contribution is -2.40. The molecule has 8 nitrogen and oxygen atoms in total. The van der Waals surface area contributed by atoms with Gasteiger partial charge in [-0.25, -0.2) is 17.4 Å². The molecule has 0 radical (unpaired) electrons. The van der Waals surface area contributed by atoms with Gasteiger partial charge in [0.05, 0.1) is 29.8 Å². The van der Waals surface area contributed by atoms with Gasteiger partial charge in [0.25, 0.3) is 5.56 Å². The van der Waals surface area contributed by atoms with Gasteiger partial charge in [0, 0.05) is 31.8 Å². The van der Waals surface area contributed by atoms with Crippen molar-refractivity contribution in [1.29, 1.82) is 0 Å². The van der Waals surface area contributed by atoms with Crippen molar-refractivity contribution >= 4 is 15.7 Å². The Labute approximate surface area is 179 Å². The largest absolute Gasteiger partial charge is 0.383 e. The number of ether oxygens (including phenoxy) is 1. The summed E-state index contributed by atoms with van der Waals surface area (Å²) in [6.07, 6.45) is 8.43. The Kier molecular flexibility index (Phi) is 6.79. The molecule has 0 spiro atoms. The molecule has 1 atom stereocenters. The zero-order valence-electron chi connectivity index (χ0n) is 17.9. The number of hydrogen-bond acceptors (Lipinski definition) is 6. The van der Waals surface area contributed by atoms with Gasteiger partial charge in [-0.1, -0.05) is 0 Å². The summed E-state index contributed by atoms with van der Waals surface area (Å²) in [6, 6.07) is -0.0259. The first-order valence-electron chi connectivity index (χ1n) is 11.4. The number of nitrogens with zero attached hydrogens (tertiary/aromatic N) is 3. The highest BCUT2D eigenvalue weighted by Crippen LogP contribution is 2.33. The van der Waals surface area contributed by atoms with Crippen molar-refractivity contribution in [2.24, 2.45) is 5.92 Å². The normalized spacial score (nSPS) is 28.5. The van der Waals surface area contributed by atoms with E-state index in [0.717, 1.165) is 51.1 Å². The zero-order valence-corrected chi connectivity index (χ0v) is 18.7. The van der Waals surface area contributed by atoms with Crippen LogP contribution in [0.15, 0.2) is 11.0 Å². The van der Waals surface area contributed by atoms with Crippen LogP contribution in [0.5, 0.6) is 0 Å². The standard InChI is InChI=1S/C21H34N4O4S/c1-16-20(22-13-17-5-4-12-29-15-17)14-23-25(21(16)26)18-6-8-19(9-7-18)30(27,28)24-10-2-3-11-24/h14,17-19,22H,2-13,15H2,1H3/t17-,18?,19?/m1/s1. The molecule has 1 aromatic heterocycles. The Morgan fingerprint density at radius 2 is 1.87 bits per heavy atom. The van der Waals surface area contributed by atoms with E-state index in [-0.39, 0.29) is 16.9 Å². The molecule has 1 N–H and O–H groups in total. The topological polar surface area (TPSA) is 93.5 Å². The van der Waals surface area contributed by atoms with E-state index in [1.54, 1.807) is 15.2 Å². The average molecular weight is 439 g/mol. The summed E-state index contributed by atoms with van der Waals surface area (Å²) in [5, 5.41) is 7.50. The highest BCUT2D eigenvalue weighted by molar-refractivity contribution is 7.89. The van der Waals surface area contributed by atoms with Gasteiger partial charge in [0.1, 0.15) is 0 Å². The van der Waals surface area contributed by atoms with Gasteiger partial charge in [0.15, 0.2) is 0 Å². The molecule has 1 aliphatic carbocycles. The SMILES string of the molecule is Cc1c(NC[C@H]2CCCOC2)cnn(C2CCC(S(=O)(=O)N3CCCC3)CC2)c1=O. The van der Waals surface area contributed by atoms with E-state index in [0.29, 0.717) is 50.3 Å². The summed E-state index contributed by atoms with van der Waals surface area (Å²) in [6.45, 7) is 5.54. The Hall–Kier alpha value is -1.45. The fourth-order valence-electron chi connectivity index (χ4n) is 4.96. The van der Waals surface area contributed by atoms with E-state index in [2.05, 4.69) is 10.4 Å². The van der Waals surface area contributed by atoms with Gasteiger partial charge in [-0.15, -0.1) is 0 Å². The Morgan fingerprint density at radius 3 is 2.53 bits per heavy atom. The van der Waals surface area contributed by atoms with Gasteiger partial charge >= 0.3 is 0 Å². The lowest BCUT2D eigenvalue weighted by molar-refractivity contribution is 0.0595. The third-order valence-electron chi connectivity index (χ3n) is 6.92. The molecular formula is C21H34N4O4S. The van der Waals surface area contributed by atoms with Gasteiger partial charge in [0.2, 0.25) is 10.0 Å². The molecule has 3 fully saturated rings. The number of hydrogen-bond donors (Lipinski definition) is 1. The Morgan fingerprint density at radius 1 is 1.13 bits per heavy atom. The zero-order chi connectivity index (χ0) is 21.1. The molecule has 1 saturated carbocycles. The van der Waals surface area contributed by atoms with Crippen LogP contribution in [0.4, 0.5) is 5.69 Å². The second-order valence-electron chi connectivity index (χ2n) is 8.98. The maximum absolute atomic E-state index is 12.9. The summed E-state index contributed by atoms with van der Waals surface area (Å²) < 4.78 is 34.4. The lowest BCUT2D eigenvalue weighted by Gasteiger charge is -2.31. The van der Waals surface area contributed by atoms with Crippen molar-refractivity contribution in [2.75, 3.05) is 38.2 Å². The molecule has 0 bridgehead atoms. The minimum absolute atomic E-state index is 0.0259. The molecule has 2 aliphatic heterocycles. The average Bonchev–Trinajstić information content (AvgIpc) is 3.32. The van der Waals surface area contributed by atoms with Crippen molar-refractivity contribution < 1.29 is 13.2 Å². The summed E-state index contributed by atoms with van der Waals surface area (Å²) >= 11 is 0. The second-order valence-corrected chi connectivity index (χ2v) is 11.2. The lowest BCUT2D eigenvalue weighted by atomic mass is 9.95. The number of aromatic nitrogens is 2. The molecule has 0 amide bonds. The Bertz CT molecular complexity index is 881. The van der Waals surface area contributed by atoms with E-state index in [4.69, 9.17) is 4.74 Å². The molecule has 168 valence electrons. The maximum atomic E-state index is 12.9. The predicted octanol–water partition coefficient (Wildman–Crippen LogP) is 2.30. The highest BCUT2D eigenvalue weighted by Gasteiger charge is 2.37. The third-order valence-corrected chi connectivity index (χ3v) is 9.31. The quantitative estimate of drug-likeness (QED) is 0.733. The molecule has 3 heterocycles. The first-order chi connectivity index (χ1) is 14.5. The van der Waals surface area contributed by atoms with Crippen LogP contribution >= 0.6 is 0 Å². The molecule has 4 rings (SSSR count). The first kappa shape index (κ1) is 21.8. The molecule has 2 saturated heterocycles. The van der Waals surface area contributed by atoms with Crippen molar-refractivity contribution in [3.8, 4) is 0 Å². The van der Waals surface area contributed by atoms with E-state index in [9.17, 15) is 13.2 Å². The van der Waals surface area contributed by atoms with E-state index >= 15 is 0 Å². The molecule has 3 aliphatic rings. The number of rotatable bonds is 6. The minimum Gasteiger partial charge on any atom is -0.383 e. The summed E-state index contributed by atoms with van der Waals surface area (Å²) in [7, 11) is -3.21. The van der Waals surface area contributed by atoms with Gasteiger partial charge in [-0.3, -0.25) is 4.79 Å². The van der Waals surface area contributed by atoms with Crippen molar-refractivity contribution in [3.63, 3.8) is 0 Å². The highest BCUT2D eigenvalue weighted by atomic mass is 32.2. The number of sulfonamides is 1. The minimum atomic E-state index is -3.21. The second kappa shape index (κ2) is 9.36. The number of nitrogens with one attached hydrogen (secondary N) is 1. The van der Waals surface area contributed by atoms with E-state index < -0.39 is 10.0 Å². The fraction of sp³-hybridized carbons (Fsp3) is 0.810.